The second kappa shape index (κ2) is 6.15. The molecule has 2 aromatic rings. The first-order chi connectivity index (χ1) is 9.87. The molecular weight excluding hydrogens is 316 g/mol. The zero-order valence-electron chi connectivity index (χ0n) is 10.9. The molecule has 0 bridgehead atoms. The predicted molar refractivity (Wildman–Crippen MR) is 76.9 cm³/mol. The Labute approximate surface area is 127 Å². The minimum absolute atomic E-state index is 0.124. The van der Waals surface area contributed by atoms with Crippen LogP contribution in [0.2, 0.25) is 5.02 Å². The summed E-state index contributed by atoms with van der Waals surface area (Å²) in [6.07, 6.45) is -1.34. The van der Waals surface area contributed by atoms with Crippen LogP contribution in [0, 0.1) is 6.92 Å². The van der Waals surface area contributed by atoms with Gasteiger partial charge in [0.05, 0.1) is 0 Å². The Morgan fingerprint density at radius 2 is 1.57 bits per heavy atom. The quantitative estimate of drug-likeness (QED) is 0.490. The molecule has 0 amide bonds. The van der Waals surface area contributed by atoms with Crippen molar-refractivity contribution in [3.63, 3.8) is 0 Å². The normalized spacial score (nSPS) is 11.0. The Morgan fingerprint density at radius 1 is 1.00 bits per heavy atom. The summed E-state index contributed by atoms with van der Waals surface area (Å²) in [4.78, 5) is 11.4. The lowest BCUT2D eigenvalue weighted by atomic mass is 10.2. The van der Waals surface area contributed by atoms with E-state index in [0.717, 1.165) is 5.56 Å². The van der Waals surface area contributed by atoms with Crippen molar-refractivity contribution in [3.8, 4) is 5.75 Å². The number of rotatable bonds is 3. The zero-order valence-corrected chi connectivity index (χ0v) is 12.5. The minimum Gasteiger partial charge on any atom is -0.394 e. The highest BCUT2D eigenvalue weighted by atomic mass is 35.5. The van der Waals surface area contributed by atoms with Crippen molar-refractivity contribution in [2.24, 2.45) is 0 Å². The number of benzene rings is 2. The molecule has 0 heterocycles. The van der Waals surface area contributed by atoms with E-state index < -0.39 is 16.3 Å². The van der Waals surface area contributed by atoms with Gasteiger partial charge in [-0.25, -0.2) is 4.79 Å². The Morgan fingerprint density at radius 3 is 2.14 bits per heavy atom. The molecule has 0 spiro atoms. The van der Waals surface area contributed by atoms with Crippen LogP contribution in [0.5, 0.6) is 5.75 Å². The topological polar surface area (TPSA) is 69.7 Å². The SMILES string of the molecule is Cc1ccc(S(=O)(=O)OC(=O)Oc2ccc(Cl)cc2)cc1. The van der Waals surface area contributed by atoms with Gasteiger partial charge in [-0.15, -0.1) is 0 Å². The van der Waals surface area contributed by atoms with Crippen LogP contribution in [-0.2, 0) is 14.3 Å². The summed E-state index contributed by atoms with van der Waals surface area (Å²) in [7, 11) is -4.21. The lowest BCUT2D eigenvalue weighted by molar-refractivity contribution is 0.154. The van der Waals surface area contributed by atoms with E-state index in [9.17, 15) is 13.2 Å². The summed E-state index contributed by atoms with van der Waals surface area (Å²) in [5.41, 5.74) is 0.887. The zero-order chi connectivity index (χ0) is 15.5. The molecule has 0 radical (unpaired) electrons. The van der Waals surface area contributed by atoms with E-state index in [1.807, 2.05) is 6.92 Å². The van der Waals surface area contributed by atoms with Crippen molar-refractivity contribution < 1.29 is 22.1 Å². The lowest BCUT2D eigenvalue weighted by Gasteiger charge is -2.06. The monoisotopic (exact) mass is 326 g/mol. The van der Waals surface area contributed by atoms with E-state index in [2.05, 4.69) is 4.18 Å². The molecule has 0 aliphatic rings. The molecule has 0 fully saturated rings. The molecule has 0 aliphatic heterocycles. The van der Waals surface area contributed by atoms with Crippen LogP contribution in [0.4, 0.5) is 4.79 Å². The fraction of sp³-hybridized carbons (Fsp3) is 0.0714. The largest absolute Gasteiger partial charge is 0.530 e. The summed E-state index contributed by atoms with van der Waals surface area (Å²) in [5.74, 6) is 0.128. The molecule has 0 aliphatic carbocycles. The van der Waals surface area contributed by atoms with Crippen LogP contribution in [0.15, 0.2) is 53.4 Å². The van der Waals surface area contributed by atoms with Crippen LogP contribution >= 0.6 is 11.6 Å². The smallest absolute Gasteiger partial charge is 0.394 e. The Bertz CT molecular complexity index is 736. The maximum absolute atomic E-state index is 11.9. The molecule has 7 heteroatoms. The molecule has 2 aromatic carbocycles. The maximum atomic E-state index is 11.9. The molecule has 0 unspecified atom stereocenters. The van der Waals surface area contributed by atoms with Gasteiger partial charge < -0.3 is 8.92 Å². The van der Waals surface area contributed by atoms with Gasteiger partial charge in [0.2, 0.25) is 0 Å². The van der Waals surface area contributed by atoms with Crippen LogP contribution in [0.3, 0.4) is 0 Å². The third-order valence-corrected chi connectivity index (χ3v) is 3.96. The van der Waals surface area contributed by atoms with Crippen LogP contribution in [0.1, 0.15) is 5.56 Å². The maximum Gasteiger partial charge on any atom is 0.530 e. The first-order valence-corrected chi connectivity index (χ1v) is 7.64. The van der Waals surface area contributed by atoms with Gasteiger partial charge in [0.1, 0.15) is 10.6 Å². The third-order valence-electron chi connectivity index (χ3n) is 2.50. The summed E-state index contributed by atoms with van der Waals surface area (Å²) in [5, 5.41) is 0.461. The average molecular weight is 327 g/mol. The number of ether oxygens (including phenoxy) is 1. The van der Waals surface area contributed by atoms with Gasteiger partial charge in [0, 0.05) is 5.02 Å². The molecular formula is C14H11ClO5S. The Balaban J connectivity index is 2.07. The molecule has 21 heavy (non-hydrogen) atoms. The van der Waals surface area contributed by atoms with Crippen LogP contribution in [0.25, 0.3) is 0 Å². The van der Waals surface area contributed by atoms with E-state index >= 15 is 0 Å². The average Bonchev–Trinajstić information content (AvgIpc) is 2.41. The first-order valence-electron chi connectivity index (χ1n) is 5.85. The molecule has 5 nitrogen and oxygen atoms in total. The van der Waals surface area contributed by atoms with Gasteiger partial charge in [-0.3, -0.25) is 0 Å². The lowest BCUT2D eigenvalue weighted by Crippen LogP contribution is -2.16. The second-order valence-corrected chi connectivity index (χ2v) is 6.14. The van der Waals surface area contributed by atoms with Crippen LogP contribution in [-0.4, -0.2) is 14.6 Å². The Hall–Kier alpha value is -2.05. The van der Waals surface area contributed by atoms with E-state index in [-0.39, 0.29) is 10.6 Å². The second-order valence-electron chi connectivity index (χ2n) is 4.16. The number of carbonyl (C=O) groups excluding carboxylic acids is 1. The molecule has 110 valence electrons. The number of carbonyl (C=O) groups is 1. The van der Waals surface area contributed by atoms with Crippen molar-refractivity contribution in [1.29, 1.82) is 0 Å². The van der Waals surface area contributed by atoms with Gasteiger partial charge in [-0.1, -0.05) is 29.3 Å². The van der Waals surface area contributed by atoms with Crippen molar-refractivity contribution in [2.75, 3.05) is 0 Å². The fourth-order valence-electron chi connectivity index (χ4n) is 1.46. The molecule has 0 saturated carbocycles. The highest BCUT2D eigenvalue weighted by molar-refractivity contribution is 7.87. The van der Waals surface area contributed by atoms with E-state index in [1.165, 1.54) is 36.4 Å². The van der Waals surface area contributed by atoms with E-state index in [1.54, 1.807) is 12.1 Å². The molecule has 0 aromatic heterocycles. The number of hydrogen-bond donors (Lipinski definition) is 0. The third kappa shape index (κ3) is 4.21. The van der Waals surface area contributed by atoms with Crippen LogP contribution < -0.4 is 4.74 Å². The van der Waals surface area contributed by atoms with Gasteiger partial charge >= 0.3 is 16.3 Å². The first kappa shape index (κ1) is 15.3. The standard InChI is InChI=1S/C14H11ClO5S/c1-10-2-8-13(9-3-10)21(17,18)20-14(16)19-12-6-4-11(15)5-7-12/h2-9H,1H3. The van der Waals surface area contributed by atoms with Crippen molar-refractivity contribution in [1.82, 2.24) is 0 Å². The highest BCUT2D eigenvalue weighted by Crippen LogP contribution is 2.18. The molecule has 2 rings (SSSR count). The van der Waals surface area contributed by atoms with Gasteiger partial charge in [-0.05, 0) is 43.3 Å². The fourth-order valence-corrected chi connectivity index (χ4v) is 2.36. The summed E-state index contributed by atoms with van der Waals surface area (Å²) < 4.78 is 32.8. The molecule has 0 atom stereocenters. The number of hydrogen-bond acceptors (Lipinski definition) is 5. The van der Waals surface area contributed by atoms with E-state index in [4.69, 9.17) is 16.3 Å². The van der Waals surface area contributed by atoms with Crippen molar-refractivity contribution >= 4 is 27.9 Å². The van der Waals surface area contributed by atoms with Crippen molar-refractivity contribution in [2.45, 2.75) is 11.8 Å². The van der Waals surface area contributed by atoms with Gasteiger partial charge in [0.15, 0.2) is 0 Å². The number of aryl methyl sites for hydroxylation is 1. The van der Waals surface area contributed by atoms with E-state index in [0.29, 0.717) is 5.02 Å². The highest BCUT2D eigenvalue weighted by Gasteiger charge is 2.21. The number of halogens is 1. The Kier molecular flexibility index (Phi) is 4.50. The van der Waals surface area contributed by atoms with Crippen molar-refractivity contribution in [3.05, 3.63) is 59.1 Å². The summed E-state index contributed by atoms with van der Waals surface area (Å²) in [6.45, 7) is 1.81. The molecule has 0 N–H and O–H groups in total. The summed E-state index contributed by atoms with van der Waals surface area (Å²) >= 11 is 5.68. The summed E-state index contributed by atoms with van der Waals surface area (Å²) in [6, 6.07) is 11.7. The molecule has 0 saturated heterocycles. The van der Waals surface area contributed by atoms with Gasteiger partial charge in [0.25, 0.3) is 0 Å². The van der Waals surface area contributed by atoms with Gasteiger partial charge in [-0.2, -0.15) is 8.42 Å². The minimum atomic E-state index is -4.21. The predicted octanol–water partition coefficient (Wildman–Crippen LogP) is 3.55.